The average molecular weight is 550 g/mol. The predicted octanol–water partition coefficient (Wildman–Crippen LogP) is 4.88. The maximum absolute atomic E-state index is 9.53. The van der Waals surface area contributed by atoms with Gasteiger partial charge in [-0.25, -0.2) is 0 Å². The van der Waals surface area contributed by atoms with Crippen LogP contribution < -0.4 is 14.5 Å². The lowest BCUT2D eigenvalue weighted by Gasteiger charge is -2.42. The number of para-hydroxylation sites is 1. The van der Waals surface area contributed by atoms with Crippen molar-refractivity contribution in [2.75, 3.05) is 56.6 Å². The molecule has 2 fully saturated rings. The lowest BCUT2D eigenvalue weighted by atomic mass is 10.0. The van der Waals surface area contributed by atoms with E-state index in [-0.39, 0.29) is 11.6 Å². The van der Waals surface area contributed by atoms with E-state index >= 15 is 0 Å². The summed E-state index contributed by atoms with van der Waals surface area (Å²) >= 11 is 6.59. The molecule has 5 rings (SSSR count). The van der Waals surface area contributed by atoms with Gasteiger partial charge >= 0.3 is 6.01 Å². The molecule has 39 heavy (non-hydrogen) atoms. The highest BCUT2D eigenvalue weighted by molar-refractivity contribution is 6.33. The third-order valence-corrected chi connectivity index (χ3v) is 8.46. The summed E-state index contributed by atoms with van der Waals surface area (Å²) in [6.45, 7) is 6.81. The fourth-order valence-electron chi connectivity index (χ4n) is 6.43. The Kier molecular flexibility index (Phi) is 8.49. The number of nitriles is 1. The molecule has 1 aromatic heterocycles. The molecule has 1 aromatic carbocycles. The second kappa shape index (κ2) is 12.0. The molecule has 0 spiro atoms. The fraction of sp³-hybridized carbons (Fsp3) is 0.567. The van der Waals surface area contributed by atoms with Crippen molar-refractivity contribution < 1.29 is 4.74 Å². The SMILES string of the molecule is CC=CN1CCN(c2nc(OC3(CN(C)C)CCCC3)nc3c2CCN(c2ccccc2Cl)C3)C[C@@H]1CC#N. The van der Waals surface area contributed by atoms with E-state index < -0.39 is 0 Å². The van der Waals surface area contributed by atoms with Gasteiger partial charge in [0.25, 0.3) is 0 Å². The number of likely N-dealkylation sites (N-methyl/N-ethyl adjacent to an activating group) is 1. The van der Waals surface area contributed by atoms with E-state index in [0.29, 0.717) is 19.0 Å². The molecule has 1 saturated carbocycles. The average Bonchev–Trinajstić information content (AvgIpc) is 3.36. The maximum atomic E-state index is 9.53. The van der Waals surface area contributed by atoms with Crippen LogP contribution in [0.15, 0.2) is 36.5 Å². The highest BCUT2D eigenvalue weighted by Crippen LogP contribution is 2.38. The van der Waals surface area contributed by atoms with Gasteiger partial charge in [-0.3, -0.25) is 0 Å². The summed E-state index contributed by atoms with van der Waals surface area (Å²) in [5.74, 6) is 0.967. The molecule has 0 radical (unpaired) electrons. The Morgan fingerprint density at radius 1 is 1.15 bits per heavy atom. The van der Waals surface area contributed by atoms with Crippen molar-refractivity contribution in [3.05, 3.63) is 52.8 Å². The first kappa shape index (κ1) is 27.5. The minimum absolute atomic E-state index is 0.119. The summed E-state index contributed by atoms with van der Waals surface area (Å²) in [6, 6.07) is 11.0. The summed E-state index contributed by atoms with van der Waals surface area (Å²) in [5, 5.41) is 10.3. The van der Waals surface area contributed by atoms with Gasteiger partial charge in [0.15, 0.2) is 0 Å². The fourth-order valence-corrected chi connectivity index (χ4v) is 6.68. The molecule has 1 atom stereocenters. The molecule has 3 heterocycles. The van der Waals surface area contributed by atoms with E-state index in [2.05, 4.69) is 52.0 Å². The molecule has 0 N–H and O–H groups in total. The molecule has 9 heteroatoms. The Morgan fingerprint density at radius 2 is 1.95 bits per heavy atom. The molecule has 2 aromatic rings. The standard InChI is InChI=1S/C30H40ClN7O/c1-4-16-36-18-19-38(20-23(36)11-15-32)28-24-12-17-37(27-10-6-5-9-25(27)31)21-26(24)33-29(34-28)39-30(22-35(2)3)13-7-8-14-30/h4-6,9-10,16,23H,7-8,11-14,17-22H2,1-3H3/t23-/m0/s1. The van der Waals surface area contributed by atoms with E-state index in [0.717, 1.165) is 87.0 Å². The van der Waals surface area contributed by atoms with Crippen LogP contribution in [0.2, 0.25) is 5.02 Å². The van der Waals surface area contributed by atoms with E-state index in [1.807, 2.05) is 31.2 Å². The number of nitrogens with zero attached hydrogens (tertiary/aromatic N) is 7. The summed E-state index contributed by atoms with van der Waals surface area (Å²) < 4.78 is 6.76. The zero-order valence-electron chi connectivity index (χ0n) is 23.4. The molecule has 0 unspecified atom stereocenters. The predicted molar refractivity (Wildman–Crippen MR) is 156 cm³/mol. The van der Waals surface area contributed by atoms with Gasteiger partial charge in [-0.15, -0.1) is 0 Å². The second-order valence-electron chi connectivity index (χ2n) is 11.3. The smallest absolute Gasteiger partial charge is 0.319 e. The molecule has 0 amide bonds. The summed E-state index contributed by atoms with van der Waals surface area (Å²) in [6.07, 6.45) is 9.81. The molecular formula is C30H40ClN7O. The summed E-state index contributed by atoms with van der Waals surface area (Å²) in [7, 11) is 4.20. The molecule has 208 valence electrons. The van der Waals surface area contributed by atoms with Crippen LogP contribution in [-0.2, 0) is 13.0 Å². The lowest BCUT2D eigenvalue weighted by Crippen LogP contribution is -2.51. The molecule has 1 aliphatic carbocycles. The van der Waals surface area contributed by atoms with Crippen LogP contribution in [0.3, 0.4) is 0 Å². The number of hydrogen-bond acceptors (Lipinski definition) is 8. The minimum atomic E-state index is -0.264. The van der Waals surface area contributed by atoms with Crippen LogP contribution in [0, 0.1) is 11.3 Å². The zero-order chi connectivity index (χ0) is 27.4. The van der Waals surface area contributed by atoms with Crippen LogP contribution in [0.1, 0.15) is 50.3 Å². The van der Waals surface area contributed by atoms with Gasteiger partial charge in [-0.2, -0.15) is 15.2 Å². The van der Waals surface area contributed by atoms with E-state index in [1.54, 1.807) is 0 Å². The number of ether oxygens (including phenoxy) is 1. The van der Waals surface area contributed by atoms with Crippen molar-refractivity contribution in [3.63, 3.8) is 0 Å². The van der Waals surface area contributed by atoms with Gasteiger partial charge in [0.1, 0.15) is 11.4 Å². The number of allylic oxidation sites excluding steroid dienone is 1. The van der Waals surface area contributed by atoms with Crippen molar-refractivity contribution in [2.24, 2.45) is 0 Å². The number of aromatic nitrogens is 2. The van der Waals surface area contributed by atoms with Crippen molar-refractivity contribution in [3.8, 4) is 12.1 Å². The lowest BCUT2D eigenvalue weighted by molar-refractivity contribution is 0.0385. The molecule has 0 bridgehead atoms. The van der Waals surface area contributed by atoms with Gasteiger partial charge in [0.05, 0.1) is 41.5 Å². The summed E-state index contributed by atoms with van der Waals surface area (Å²) in [5.41, 5.74) is 2.96. The number of fused-ring (bicyclic) bond motifs is 1. The van der Waals surface area contributed by atoms with Gasteiger partial charge < -0.3 is 24.3 Å². The molecule has 3 aliphatic rings. The van der Waals surface area contributed by atoms with Crippen LogP contribution in [0.25, 0.3) is 0 Å². The Hall–Kier alpha value is -3.02. The van der Waals surface area contributed by atoms with Crippen molar-refractivity contribution in [1.82, 2.24) is 19.8 Å². The van der Waals surface area contributed by atoms with Gasteiger partial charge in [-0.05, 0) is 71.5 Å². The topological polar surface area (TPSA) is 71.8 Å². The van der Waals surface area contributed by atoms with Crippen molar-refractivity contribution >= 4 is 23.1 Å². The first-order valence-electron chi connectivity index (χ1n) is 14.1. The highest BCUT2D eigenvalue weighted by Gasteiger charge is 2.39. The molecule has 2 aliphatic heterocycles. The number of benzene rings is 1. The number of rotatable bonds is 8. The van der Waals surface area contributed by atoms with Crippen LogP contribution in [0.4, 0.5) is 11.5 Å². The highest BCUT2D eigenvalue weighted by atomic mass is 35.5. The normalized spacial score (nSPS) is 20.9. The molecular weight excluding hydrogens is 510 g/mol. The zero-order valence-corrected chi connectivity index (χ0v) is 24.2. The number of piperazine rings is 1. The Labute approximate surface area is 237 Å². The van der Waals surface area contributed by atoms with E-state index in [9.17, 15) is 5.26 Å². The quantitative estimate of drug-likeness (QED) is 0.461. The molecule has 1 saturated heterocycles. The monoisotopic (exact) mass is 549 g/mol. The number of hydrogen-bond donors (Lipinski definition) is 0. The first-order valence-corrected chi connectivity index (χ1v) is 14.5. The third-order valence-electron chi connectivity index (χ3n) is 8.14. The number of halogens is 1. The van der Waals surface area contributed by atoms with E-state index in [4.69, 9.17) is 26.3 Å². The molecule has 8 nitrogen and oxygen atoms in total. The second-order valence-corrected chi connectivity index (χ2v) is 11.7. The van der Waals surface area contributed by atoms with E-state index in [1.165, 1.54) is 5.56 Å². The van der Waals surface area contributed by atoms with Crippen LogP contribution >= 0.6 is 11.6 Å². The van der Waals surface area contributed by atoms with Crippen LogP contribution in [0.5, 0.6) is 6.01 Å². The Balaban J connectivity index is 1.51. The Bertz CT molecular complexity index is 1220. The van der Waals surface area contributed by atoms with Crippen molar-refractivity contribution in [1.29, 1.82) is 5.26 Å². The van der Waals surface area contributed by atoms with Gasteiger partial charge in [0.2, 0.25) is 0 Å². The largest absolute Gasteiger partial charge is 0.455 e. The first-order chi connectivity index (χ1) is 18.9. The van der Waals surface area contributed by atoms with Gasteiger partial charge in [-0.1, -0.05) is 29.8 Å². The maximum Gasteiger partial charge on any atom is 0.319 e. The number of anilines is 2. The van der Waals surface area contributed by atoms with Crippen LogP contribution in [-0.4, -0.2) is 78.2 Å². The summed E-state index contributed by atoms with van der Waals surface area (Å²) in [4.78, 5) is 19.3. The van der Waals surface area contributed by atoms with Gasteiger partial charge in [0, 0.05) is 38.3 Å². The van der Waals surface area contributed by atoms with Crippen molar-refractivity contribution in [2.45, 2.75) is 63.6 Å². The third kappa shape index (κ3) is 6.10. The Morgan fingerprint density at radius 3 is 2.67 bits per heavy atom. The minimum Gasteiger partial charge on any atom is -0.455 e.